The zero-order valence-corrected chi connectivity index (χ0v) is 14.5. The molecule has 1 aromatic carbocycles. The van der Waals surface area contributed by atoms with Crippen LogP contribution in [0.1, 0.15) is 56.1 Å². The highest BCUT2D eigenvalue weighted by atomic mass is 79.9. The Labute approximate surface area is 136 Å². The number of hydrogen-bond acceptors (Lipinski definition) is 2. The largest absolute Gasteiger partial charge is 0.491 e. The lowest BCUT2D eigenvalue weighted by atomic mass is 9.83. The fourth-order valence-electron chi connectivity index (χ4n) is 3.71. The van der Waals surface area contributed by atoms with E-state index in [1.807, 2.05) is 0 Å². The second-order valence-corrected chi connectivity index (χ2v) is 7.14. The first-order valence-corrected chi connectivity index (χ1v) is 9.29. The van der Waals surface area contributed by atoms with Crippen molar-refractivity contribution >= 4 is 15.9 Å². The van der Waals surface area contributed by atoms with Crippen molar-refractivity contribution in [2.24, 2.45) is 0 Å². The Morgan fingerprint density at radius 3 is 2.81 bits per heavy atom. The normalized spacial score (nSPS) is 24.4. The smallest absolute Gasteiger partial charge is 0.123 e. The van der Waals surface area contributed by atoms with E-state index in [-0.39, 0.29) is 11.7 Å². The molecule has 2 aliphatic rings. The molecule has 0 amide bonds. The van der Waals surface area contributed by atoms with Gasteiger partial charge in [0.15, 0.2) is 0 Å². The van der Waals surface area contributed by atoms with Crippen molar-refractivity contribution in [3.05, 3.63) is 29.3 Å². The van der Waals surface area contributed by atoms with Gasteiger partial charge in [-0.05, 0) is 38.7 Å². The van der Waals surface area contributed by atoms with Gasteiger partial charge in [0.1, 0.15) is 12.4 Å². The maximum atomic E-state index is 6.37. The Balaban J connectivity index is 1.56. The predicted octanol–water partition coefficient (Wildman–Crippen LogP) is 5.15. The van der Waals surface area contributed by atoms with Crippen LogP contribution >= 0.6 is 15.9 Å². The summed E-state index contributed by atoms with van der Waals surface area (Å²) in [4.78, 5) is 0. The minimum Gasteiger partial charge on any atom is -0.491 e. The van der Waals surface area contributed by atoms with Crippen LogP contribution in [0.15, 0.2) is 18.2 Å². The first-order chi connectivity index (χ1) is 10.2. The van der Waals surface area contributed by atoms with Gasteiger partial charge in [-0.3, -0.25) is 0 Å². The Kier molecular flexibility index (Phi) is 4.90. The van der Waals surface area contributed by atoms with Crippen LogP contribution in [0.4, 0.5) is 0 Å². The molecule has 1 saturated heterocycles. The number of alkyl halides is 1. The third-order valence-electron chi connectivity index (χ3n) is 4.89. The number of hydrogen-bond donors (Lipinski definition) is 0. The molecule has 1 unspecified atom stereocenters. The minimum absolute atomic E-state index is 0.192. The summed E-state index contributed by atoms with van der Waals surface area (Å²) < 4.78 is 12.4. The standard InChI is InChI=1S/C18H25BrO2/c1-14-5-6-17(15(11-14)12-19)20-13-16-7-10-18(21-16)8-3-2-4-9-18/h5-6,11,16H,2-4,7-10,12-13H2,1H3. The van der Waals surface area contributed by atoms with E-state index in [2.05, 4.69) is 41.1 Å². The van der Waals surface area contributed by atoms with Gasteiger partial charge in [-0.25, -0.2) is 0 Å². The average Bonchev–Trinajstić information content (AvgIpc) is 2.89. The molecule has 1 aliphatic carbocycles. The Hall–Kier alpha value is -0.540. The van der Waals surface area contributed by atoms with Gasteiger partial charge < -0.3 is 9.47 Å². The average molecular weight is 353 g/mol. The van der Waals surface area contributed by atoms with Gasteiger partial charge in [0.25, 0.3) is 0 Å². The molecule has 0 aromatic heterocycles. The summed E-state index contributed by atoms with van der Waals surface area (Å²) >= 11 is 3.54. The third-order valence-corrected chi connectivity index (χ3v) is 5.49. The van der Waals surface area contributed by atoms with Crippen LogP contribution in [-0.4, -0.2) is 18.3 Å². The van der Waals surface area contributed by atoms with Crippen molar-refractivity contribution in [2.45, 2.75) is 68.9 Å². The first-order valence-electron chi connectivity index (χ1n) is 8.17. The van der Waals surface area contributed by atoms with Crippen molar-refractivity contribution in [1.29, 1.82) is 0 Å². The van der Waals surface area contributed by atoms with Gasteiger partial charge >= 0.3 is 0 Å². The van der Waals surface area contributed by atoms with Crippen LogP contribution in [0.25, 0.3) is 0 Å². The highest BCUT2D eigenvalue weighted by molar-refractivity contribution is 9.08. The highest BCUT2D eigenvalue weighted by Gasteiger charge is 2.40. The molecule has 21 heavy (non-hydrogen) atoms. The summed E-state index contributed by atoms with van der Waals surface area (Å²) in [5.74, 6) is 0.991. The maximum Gasteiger partial charge on any atom is 0.123 e. The SMILES string of the molecule is Cc1ccc(OCC2CCC3(CCCCC3)O2)c(CBr)c1. The van der Waals surface area contributed by atoms with E-state index < -0.39 is 0 Å². The third kappa shape index (κ3) is 3.62. The van der Waals surface area contributed by atoms with Crippen LogP contribution in [0.3, 0.4) is 0 Å². The van der Waals surface area contributed by atoms with Crippen molar-refractivity contribution in [1.82, 2.24) is 0 Å². The molecule has 2 fully saturated rings. The molecule has 1 spiro atoms. The number of halogens is 1. The van der Waals surface area contributed by atoms with Gasteiger partial charge in [-0.1, -0.05) is 52.9 Å². The monoisotopic (exact) mass is 352 g/mol. The lowest BCUT2D eigenvalue weighted by molar-refractivity contribution is -0.0749. The van der Waals surface area contributed by atoms with E-state index in [1.165, 1.54) is 49.7 Å². The van der Waals surface area contributed by atoms with Crippen molar-refractivity contribution in [3.8, 4) is 5.75 Å². The molecule has 1 heterocycles. The fraction of sp³-hybridized carbons (Fsp3) is 0.667. The van der Waals surface area contributed by atoms with Crippen LogP contribution in [0.2, 0.25) is 0 Å². The molecule has 3 heteroatoms. The zero-order valence-electron chi connectivity index (χ0n) is 12.9. The summed E-state index contributed by atoms with van der Waals surface area (Å²) in [6, 6.07) is 6.37. The van der Waals surface area contributed by atoms with Gasteiger partial charge in [0.05, 0.1) is 11.7 Å². The van der Waals surface area contributed by atoms with Gasteiger partial charge in [0.2, 0.25) is 0 Å². The minimum atomic E-state index is 0.192. The van der Waals surface area contributed by atoms with E-state index in [9.17, 15) is 0 Å². The van der Waals surface area contributed by atoms with E-state index in [1.54, 1.807) is 0 Å². The number of ether oxygens (including phenoxy) is 2. The summed E-state index contributed by atoms with van der Waals surface area (Å²) in [5, 5.41) is 0.833. The highest BCUT2D eigenvalue weighted by Crippen LogP contribution is 2.42. The molecule has 1 saturated carbocycles. The van der Waals surface area contributed by atoms with E-state index >= 15 is 0 Å². The molecule has 1 atom stereocenters. The lowest BCUT2D eigenvalue weighted by Gasteiger charge is -2.33. The summed E-state index contributed by atoms with van der Waals surface area (Å²) in [6.07, 6.45) is 9.19. The Bertz CT molecular complexity index is 480. The van der Waals surface area contributed by atoms with Gasteiger partial charge in [-0.2, -0.15) is 0 Å². The molecule has 3 rings (SSSR count). The summed E-state index contributed by atoms with van der Waals surface area (Å²) in [5.41, 5.74) is 2.69. The Morgan fingerprint density at radius 1 is 1.24 bits per heavy atom. The van der Waals surface area contributed by atoms with E-state index in [0.29, 0.717) is 6.61 Å². The van der Waals surface area contributed by atoms with Gasteiger partial charge in [-0.15, -0.1) is 0 Å². The topological polar surface area (TPSA) is 18.5 Å². The molecular weight excluding hydrogens is 328 g/mol. The summed E-state index contributed by atoms with van der Waals surface area (Å²) in [7, 11) is 0. The molecule has 2 nitrogen and oxygen atoms in total. The molecule has 1 aromatic rings. The van der Waals surface area contributed by atoms with E-state index in [4.69, 9.17) is 9.47 Å². The van der Waals surface area contributed by atoms with Gasteiger partial charge in [0, 0.05) is 10.9 Å². The second-order valence-electron chi connectivity index (χ2n) is 6.58. The van der Waals surface area contributed by atoms with Crippen LogP contribution in [0, 0.1) is 6.92 Å². The predicted molar refractivity (Wildman–Crippen MR) is 89.2 cm³/mol. The van der Waals surface area contributed by atoms with Crippen LogP contribution < -0.4 is 4.74 Å². The van der Waals surface area contributed by atoms with Crippen LogP contribution in [0.5, 0.6) is 5.75 Å². The second kappa shape index (κ2) is 6.70. The first kappa shape index (κ1) is 15.4. The Morgan fingerprint density at radius 2 is 2.05 bits per heavy atom. The lowest BCUT2D eigenvalue weighted by Crippen LogP contribution is -2.32. The molecule has 116 valence electrons. The van der Waals surface area contributed by atoms with Crippen molar-refractivity contribution in [3.63, 3.8) is 0 Å². The number of rotatable bonds is 4. The molecular formula is C18H25BrO2. The maximum absolute atomic E-state index is 6.37. The van der Waals surface area contributed by atoms with Crippen molar-refractivity contribution in [2.75, 3.05) is 6.61 Å². The van der Waals surface area contributed by atoms with Crippen molar-refractivity contribution < 1.29 is 9.47 Å². The quantitative estimate of drug-likeness (QED) is 0.697. The van der Waals surface area contributed by atoms with E-state index in [0.717, 1.165) is 17.5 Å². The number of benzene rings is 1. The molecule has 0 bridgehead atoms. The van der Waals surface area contributed by atoms with Crippen LogP contribution in [-0.2, 0) is 10.1 Å². The fourth-order valence-corrected chi connectivity index (χ4v) is 4.15. The molecule has 1 aliphatic heterocycles. The number of aryl methyl sites for hydroxylation is 1. The zero-order chi connectivity index (χ0) is 14.7. The molecule has 0 radical (unpaired) electrons. The summed E-state index contributed by atoms with van der Waals surface area (Å²) in [6.45, 7) is 2.80. The molecule has 0 N–H and O–H groups in total.